The van der Waals surface area contributed by atoms with Gasteiger partial charge in [0, 0.05) is 26.4 Å². The number of rotatable bonds is 7. The summed E-state index contributed by atoms with van der Waals surface area (Å²) in [6.45, 7) is 1.46. The second kappa shape index (κ2) is 8.10. The summed E-state index contributed by atoms with van der Waals surface area (Å²) in [4.78, 5) is 16.0. The number of methoxy groups -OCH3 is 1. The van der Waals surface area contributed by atoms with Gasteiger partial charge in [-0.15, -0.1) is 0 Å². The number of nitrogens with one attached hydrogen (secondary N) is 2. The van der Waals surface area contributed by atoms with Crippen molar-refractivity contribution in [1.29, 1.82) is 0 Å². The molecule has 1 amide bonds. The molecule has 0 aromatic carbocycles. The zero-order valence-corrected chi connectivity index (χ0v) is 13.1. The van der Waals surface area contributed by atoms with E-state index >= 15 is 0 Å². The quantitative estimate of drug-likeness (QED) is 0.666. The van der Waals surface area contributed by atoms with Crippen molar-refractivity contribution in [3.63, 3.8) is 0 Å². The molecular weight excluding hydrogens is 282 g/mol. The van der Waals surface area contributed by atoms with Crippen LogP contribution in [0.2, 0.25) is 0 Å². The van der Waals surface area contributed by atoms with Crippen LogP contribution >= 0.6 is 0 Å². The summed E-state index contributed by atoms with van der Waals surface area (Å²) in [6, 6.07) is 3.49. The molecule has 3 N–H and O–H groups in total. The minimum absolute atomic E-state index is 0.165. The van der Waals surface area contributed by atoms with Crippen LogP contribution in [-0.2, 0) is 4.74 Å². The number of anilines is 1. The summed E-state index contributed by atoms with van der Waals surface area (Å²) >= 11 is 0. The summed E-state index contributed by atoms with van der Waals surface area (Å²) in [5.41, 5.74) is -0.117. The Kier molecular flexibility index (Phi) is 6.15. The second-order valence-corrected chi connectivity index (χ2v) is 5.82. The van der Waals surface area contributed by atoms with E-state index in [1.54, 1.807) is 19.2 Å². The van der Waals surface area contributed by atoms with Crippen LogP contribution in [0.5, 0.6) is 0 Å². The van der Waals surface area contributed by atoms with Crippen LogP contribution in [0.25, 0.3) is 0 Å². The number of ether oxygens (including phenoxy) is 1. The highest BCUT2D eigenvalue weighted by Crippen LogP contribution is 2.28. The summed E-state index contributed by atoms with van der Waals surface area (Å²) < 4.78 is 4.88. The van der Waals surface area contributed by atoms with Crippen molar-refractivity contribution in [2.75, 3.05) is 32.1 Å². The van der Waals surface area contributed by atoms with Gasteiger partial charge in [0.15, 0.2) is 0 Å². The molecule has 0 aliphatic heterocycles. The van der Waals surface area contributed by atoms with Gasteiger partial charge in [-0.1, -0.05) is 19.3 Å². The molecule has 1 aromatic rings. The number of aliphatic hydroxyl groups is 1. The predicted octanol–water partition coefficient (Wildman–Crippen LogP) is 1.56. The molecule has 0 spiro atoms. The fraction of sp³-hybridized carbons (Fsp3) is 0.625. The first-order valence-electron chi connectivity index (χ1n) is 7.82. The van der Waals surface area contributed by atoms with E-state index in [1.165, 1.54) is 12.6 Å². The van der Waals surface area contributed by atoms with Gasteiger partial charge in [-0.2, -0.15) is 0 Å². The number of hydrogen-bond donors (Lipinski definition) is 3. The van der Waals surface area contributed by atoms with E-state index < -0.39 is 5.60 Å². The maximum absolute atomic E-state index is 11.8. The fourth-order valence-electron chi connectivity index (χ4n) is 2.64. The van der Waals surface area contributed by atoms with Crippen molar-refractivity contribution in [3.05, 3.63) is 23.9 Å². The molecule has 1 aromatic heterocycles. The van der Waals surface area contributed by atoms with Gasteiger partial charge in [-0.3, -0.25) is 4.79 Å². The average Bonchev–Trinajstić information content (AvgIpc) is 2.54. The van der Waals surface area contributed by atoms with Crippen LogP contribution < -0.4 is 10.6 Å². The summed E-state index contributed by atoms with van der Waals surface area (Å²) in [5, 5.41) is 16.3. The molecule has 1 aliphatic rings. The van der Waals surface area contributed by atoms with Crippen LogP contribution in [0.4, 0.5) is 5.82 Å². The van der Waals surface area contributed by atoms with Crippen LogP contribution in [0.15, 0.2) is 18.3 Å². The lowest BCUT2D eigenvalue weighted by molar-refractivity contribution is 0.0166. The number of carbonyl (C=O) groups is 1. The Hall–Kier alpha value is -1.66. The molecule has 22 heavy (non-hydrogen) atoms. The molecule has 1 heterocycles. The van der Waals surface area contributed by atoms with Gasteiger partial charge in [0.1, 0.15) is 5.82 Å². The van der Waals surface area contributed by atoms with Crippen molar-refractivity contribution in [3.8, 4) is 0 Å². The molecule has 0 radical (unpaired) electrons. The third-order valence-corrected chi connectivity index (χ3v) is 4.00. The van der Waals surface area contributed by atoms with Crippen molar-refractivity contribution >= 4 is 11.7 Å². The van der Waals surface area contributed by atoms with Gasteiger partial charge in [0.05, 0.1) is 17.8 Å². The van der Waals surface area contributed by atoms with E-state index in [1.807, 2.05) is 0 Å². The molecule has 0 atom stereocenters. The Balaban J connectivity index is 1.82. The van der Waals surface area contributed by atoms with E-state index in [4.69, 9.17) is 4.74 Å². The molecule has 0 unspecified atom stereocenters. The zero-order chi connectivity index (χ0) is 15.8. The lowest BCUT2D eigenvalue weighted by atomic mass is 9.85. The van der Waals surface area contributed by atoms with E-state index in [9.17, 15) is 9.90 Å². The minimum atomic E-state index is -0.629. The zero-order valence-electron chi connectivity index (χ0n) is 13.1. The summed E-state index contributed by atoms with van der Waals surface area (Å²) in [7, 11) is 1.59. The van der Waals surface area contributed by atoms with Gasteiger partial charge in [-0.25, -0.2) is 4.98 Å². The van der Waals surface area contributed by atoms with Crippen molar-refractivity contribution in [2.45, 2.75) is 37.7 Å². The first-order valence-corrected chi connectivity index (χ1v) is 7.82. The Morgan fingerprint density at radius 3 is 2.77 bits per heavy atom. The minimum Gasteiger partial charge on any atom is -0.388 e. The van der Waals surface area contributed by atoms with E-state index in [2.05, 4.69) is 15.6 Å². The number of aromatic nitrogens is 1. The lowest BCUT2D eigenvalue weighted by Crippen LogP contribution is -2.38. The van der Waals surface area contributed by atoms with Gasteiger partial charge in [0.25, 0.3) is 5.91 Å². The topological polar surface area (TPSA) is 83.5 Å². The number of hydrogen-bond acceptors (Lipinski definition) is 5. The van der Waals surface area contributed by atoms with E-state index in [0.29, 0.717) is 31.1 Å². The Bertz CT molecular complexity index is 470. The number of carbonyl (C=O) groups excluding carboxylic acids is 1. The highest BCUT2D eigenvalue weighted by molar-refractivity contribution is 5.94. The fourth-order valence-corrected chi connectivity index (χ4v) is 2.64. The maximum Gasteiger partial charge on any atom is 0.252 e. The molecule has 0 saturated heterocycles. The highest BCUT2D eigenvalue weighted by atomic mass is 16.5. The van der Waals surface area contributed by atoms with E-state index in [-0.39, 0.29) is 5.91 Å². The lowest BCUT2D eigenvalue weighted by Gasteiger charge is -2.32. The smallest absolute Gasteiger partial charge is 0.252 e. The first kappa shape index (κ1) is 16.7. The van der Waals surface area contributed by atoms with Crippen molar-refractivity contribution in [1.82, 2.24) is 10.3 Å². The van der Waals surface area contributed by atoms with Crippen LogP contribution in [0.3, 0.4) is 0 Å². The van der Waals surface area contributed by atoms with Gasteiger partial charge < -0.3 is 20.5 Å². The van der Waals surface area contributed by atoms with Crippen molar-refractivity contribution in [2.24, 2.45) is 0 Å². The molecule has 6 heteroatoms. The molecule has 2 rings (SSSR count). The summed E-state index contributed by atoms with van der Waals surface area (Å²) in [6.07, 6.45) is 6.56. The van der Waals surface area contributed by atoms with Crippen LogP contribution in [-0.4, -0.2) is 48.4 Å². The molecule has 122 valence electrons. The van der Waals surface area contributed by atoms with Crippen LogP contribution in [0.1, 0.15) is 42.5 Å². The number of nitrogens with zero attached hydrogens (tertiary/aromatic N) is 1. The molecule has 1 saturated carbocycles. The first-order chi connectivity index (χ1) is 10.6. The largest absolute Gasteiger partial charge is 0.388 e. The summed E-state index contributed by atoms with van der Waals surface area (Å²) in [5.74, 6) is 0.509. The van der Waals surface area contributed by atoms with Crippen LogP contribution in [0, 0.1) is 0 Å². The molecule has 1 fully saturated rings. The standard InChI is InChI=1S/C16H25N3O3/c1-22-10-9-17-15(20)13-5-6-14(18-11-13)19-12-16(21)7-3-2-4-8-16/h5-6,11,21H,2-4,7-10,12H2,1H3,(H,17,20)(H,18,19). The monoisotopic (exact) mass is 307 g/mol. The average molecular weight is 307 g/mol. The Morgan fingerprint density at radius 1 is 1.36 bits per heavy atom. The normalized spacial score (nSPS) is 17.0. The Morgan fingerprint density at radius 2 is 2.14 bits per heavy atom. The Labute approximate surface area is 131 Å². The maximum atomic E-state index is 11.8. The van der Waals surface area contributed by atoms with Crippen molar-refractivity contribution < 1.29 is 14.6 Å². The third-order valence-electron chi connectivity index (χ3n) is 4.00. The molecule has 0 bridgehead atoms. The SMILES string of the molecule is COCCNC(=O)c1ccc(NCC2(O)CCCCC2)nc1. The molecule has 1 aliphatic carbocycles. The highest BCUT2D eigenvalue weighted by Gasteiger charge is 2.28. The molecule has 6 nitrogen and oxygen atoms in total. The third kappa shape index (κ3) is 4.96. The van der Waals surface area contributed by atoms with Gasteiger partial charge in [-0.05, 0) is 25.0 Å². The van der Waals surface area contributed by atoms with Gasteiger partial charge >= 0.3 is 0 Å². The van der Waals surface area contributed by atoms with Gasteiger partial charge in [0.2, 0.25) is 0 Å². The predicted molar refractivity (Wildman–Crippen MR) is 85.0 cm³/mol. The number of amides is 1. The number of pyridine rings is 1. The van der Waals surface area contributed by atoms with E-state index in [0.717, 1.165) is 25.7 Å². The second-order valence-electron chi connectivity index (χ2n) is 5.82. The molecular formula is C16H25N3O3.